The summed E-state index contributed by atoms with van der Waals surface area (Å²) in [6.07, 6.45) is 1.98. The van der Waals surface area contributed by atoms with E-state index >= 15 is 0 Å². The number of rotatable bonds is 4. The molecule has 0 aromatic heterocycles. The standard InChI is InChI=1S/C14H18FNO2/c1-9-7-11(8-10(2)13(9)15)14(18)16(5-6-17)12-3-4-12/h7-8,12,17H,3-6H2,1-2H3. The number of aliphatic hydroxyl groups excluding tert-OH is 1. The predicted molar refractivity (Wildman–Crippen MR) is 67.0 cm³/mol. The van der Waals surface area contributed by atoms with Crippen LogP contribution in [0, 0.1) is 19.7 Å². The zero-order valence-corrected chi connectivity index (χ0v) is 10.7. The summed E-state index contributed by atoms with van der Waals surface area (Å²) in [6.45, 7) is 3.62. The molecule has 0 bridgehead atoms. The molecule has 2 rings (SSSR count). The molecule has 0 heterocycles. The molecule has 1 aromatic carbocycles. The van der Waals surface area contributed by atoms with E-state index in [0.29, 0.717) is 23.2 Å². The van der Waals surface area contributed by atoms with Crippen LogP contribution in [0.5, 0.6) is 0 Å². The van der Waals surface area contributed by atoms with Crippen molar-refractivity contribution in [3.05, 3.63) is 34.6 Å². The Kier molecular flexibility index (Phi) is 3.66. The van der Waals surface area contributed by atoms with Gasteiger partial charge >= 0.3 is 0 Å². The molecule has 1 saturated carbocycles. The van der Waals surface area contributed by atoms with E-state index in [1.807, 2.05) is 0 Å². The molecule has 0 unspecified atom stereocenters. The van der Waals surface area contributed by atoms with E-state index in [1.165, 1.54) is 0 Å². The number of amides is 1. The van der Waals surface area contributed by atoms with Crippen LogP contribution in [0.4, 0.5) is 4.39 Å². The number of benzene rings is 1. The van der Waals surface area contributed by atoms with Crippen molar-refractivity contribution in [2.75, 3.05) is 13.2 Å². The highest BCUT2D eigenvalue weighted by Crippen LogP contribution is 2.28. The fourth-order valence-corrected chi connectivity index (χ4v) is 2.18. The number of aliphatic hydroxyl groups is 1. The summed E-state index contributed by atoms with van der Waals surface area (Å²) in [6, 6.07) is 3.41. The van der Waals surface area contributed by atoms with Crippen molar-refractivity contribution in [1.29, 1.82) is 0 Å². The minimum absolute atomic E-state index is 0.0403. The summed E-state index contributed by atoms with van der Waals surface area (Å²) < 4.78 is 13.5. The Morgan fingerprint density at radius 1 is 1.39 bits per heavy atom. The fourth-order valence-electron chi connectivity index (χ4n) is 2.18. The maximum absolute atomic E-state index is 13.5. The first-order valence-electron chi connectivity index (χ1n) is 6.23. The molecule has 0 aliphatic heterocycles. The van der Waals surface area contributed by atoms with Crippen LogP contribution in [0.25, 0.3) is 0 Å². The van der Waals surface area contributed by atoms with Crippen molar-refractivity contribution in [1.82, 2.24) is 4.90 Å². The zero-order chi connectivity index (χ0) is 13.3. The van der Waals surface area contributed by atoms with Crippen LogP contribution in [-0.4, -0.2) is 35.1 Å². The number of hydrogen-bond acceptors (Lipinski definition) is 2. The number of halogens is 1. The fraction of sp³-hybridized carbons (Fsp3) is 0.500. The van der Waals surface area contributed by atoms with Crippen molar-refractivity contribution < 1.29 is 14.3 Å². The number of carbonyl (C=O) groups excluding carboxylic acids is 1. The molecule has 3 nitrogen and oxygen atoms in total. The Labute approximate surface area is 106 Å². The van der Waals surface area contributed by atoms with Gasteiger partial charge in [0.2, 0.25) is 0 Å². The Hall–Kier alpha value is -1.42. The Morgan fingerprint density at radius 2 is 1.94 bits per heavy atom. The topological polar surface area (TPSA) is 40.5 Å². The van der Waals surface area contributed by atoms with Gasteiger partial charge in [-0.2, -0.15) is 0 Å². The lowest BCUT2D eigenvalue weighted by molar-refractivity contribution is 0.0707. The second kappa shape index (κ2) is 5.06. The van der Waals surface area contributed by atoms with Crippen molar-refractivity contribution in [3.63, 3.8) is 0 Å². The summed E-state index contributed by atoms with van der Waals surface area (Å²) >= 11 is 0. The zero-order valence-electron chi connectivity index (χ0n) is 10.7. The van der Waals surface area contributed by atoms with E-state index in [2.05, 4.69) is 0 Å². The third kappa shape index (κ3) is 2.53. The van der Waals surface area contributed by atoms with Crippen LogP contribution < -0.4 is 0 Å². The quantitative estimate of drug-likeness (QED) is 0.889. The van der Waals surface area contributed by atoms with Crippen molar-refractivity contribution >= 4 is 5.91 Å². The molecule has 1 amide bonds. The van der Waals surface area contributed by atoms with Gasteiger partial charge in [-0.3, -0.25) is 4.79 Å². The van der Waals surface area contributed by atoms with E-state index in [1.54, 1.807) is 30.9 Å². The van der Waals surface area contributed by atoms with Gasteiger partial charge in [0.1, 0.15) is 5.82 Å². The van der Waals surface area contributed by atoms with Gasteiger partial charge < -0.3 is 10.0 Å². The van der Waals surface area contributed by atoms with Gasteiger partial charge in [0, 0.05) is 18.2 Å². The molecule has 18 heavy (non-hydrogen) atoms. The lowest BCUT2D eigenvalue weighted by atomic mass is 10.1. The number of carbonyl (C=O) groups is 1. The molecule has 4 heteroatoms. The lowest BCUT2D eigenvalue weighted by Gasteiger charge is -2.22. The largest absolute Gasteiger partial charge is 0.395 e. The van der Waals surface area contributed by atoms with E-state index in [9.17, 15) is 9.18 Å². The molecule has 0 radical (unpaired) electrons. The summed E-state index contributed by atoms with van der Waals surface area (Å²) in [5.41, 5.74) is 1.47. The van der Waals surface area contributed by atoms with E-state index < -0.39 is 0 Å². The van der Waals surface area contributed by atoms with Gasteiger partial charge in [-0.15, -0.1) is 0 Å². The van der Waals surface area contributed by atoms with Crippen molar-refractivity contribution in [2.24, 2.45) is 0 Å². The average Bonchev–Trinajstić information content (AvgIpc) is 3.15. The smallest absolute Gasteiger partial charge is 0.254 e. The minimum Gasteiger partial charge on any atom is -0.395 e. The van der Waals surface area contributed by atoms with Crippen LogP contribution in [0.2, 0.25) is 0 Å². The maximum atomic E-state index is 13.5. The van der Waals surface area contributed by atoms with Crippen molar-refractivity contribution in [2.45, 2.75) is 32.7 Å². The predicted octanol–water partition coefficient (Wildman–Crippen LogP) is 2.04. The first-order valence-corrected chi connectivity index (χ1v) is 6.23. The molecule has 0 spiro atoms. The minimum atomic E-state index is -0.258. The van der Waals surface area contributed by atoms with Crippen LogP contribution in [0.15, 0.2) is 12.1 Å². The van der Waals surface area contributed by atoms with Gasteiger partial charge in [-0.1, -0.05) is 0 Å². The number of hydrogen-bond donors (Lipinski definition) is 1. The lowest BCUT2D eigenvalue weighted by Crippen LogP contribution is -2.35. The molecule has 98 valence electrons. The van der Waals surface area contributed by atoms with Crippen LogP contribution in [0.3, 0.4) is 0 Å². The van der Waals surface area contributed by atoms with Gasteiger partial charge in [-0.05, 0) is 49.9 Å². The first-order chi connectivity index (χ1) is 8.54. The van der Waals surface area contributed by atoms with Gasteiger partial charge in [-0.25, -0.2) is 4.39 Å². The third-order valence-electron chi connectivity index (χ3n) is 3.27. The maximum Gasteiger partial charge on any atom is 0.254 e. The van der Waals surface area contributed by atoms with E-state index in [-0.39, 0.29) is 24.4 Å². The molecule has 0 atom stereocenters. The second-order valence-electron chi connectivity index (χ2n) is 4.88. The monoisotopic (exact) mass is 251 g/mol. The summed E-state index contributed by atoms with van der Waals surface area (Å²) in [7, 11) is 0. The van der Waals surface area contributed by atoms with Gasteiger partial charge in [0.25, 0.3) is 5.91 Å². The van der Waals surface area contributed by atoms with Gasteiger partial charge in [0.15, 0.2) is 0 Å². The highest BCUT2D eigenvalue weighted by atomic mass is 19.1. The molecule has 1 aliphatic carbocycles. The second-order valence-corrected chi connectivity index (χ2v) is 4.88. The molecule has 1 aliphatic rings. The summed E-state index contributed by atoms with van der Waals surface area (Å²) in [5.74, 6) is -0.371. The molecule has 0 saturated heterocycles. The highest BCUT2D eigenvalue weighted by molar-refractivity contribution is 5.95. The Bertz CT molecular complexity index is 446. The number of aryl methyl sites for hydroxylation is 2. The summed E-state index contributed by atoms with van der Waals surface area (Å²) in [5, 5.41) is 9.01. The van der Waals surface area contributed by atoms with Crippen LogP contribution >= 0.6 is 0 Å². The van der Waals surface area contributed by atoms with E-state index in [4.69, 9.17) is 5.11 Å². The average molecular weight is 251 g/mol. The van der Waals surface area contributed by atoms with E-state index in [0.717, 1.165) is 12.8 Å². The first kappa shape index (κ1) is 13.0. The summed E-state index contributed by atoms with van der Waals surface area (Å²) in [4.78, 5) is 14.0. The highest BCUT2D eigenvalue weighted by Gasteiger charge is 2.32. The Balaban J connectivity index is 2.26. The molecular weight excluding hydrogens is 233 g/mol. The van der Waals surface area contributed by atoms with Crippen molar-refractivity contribution in [3.8, 4) is 0 Å². The Morgan fingerprint density at radius 3 is 2.39 bits per heavy atom. The van der Waals surface area contributed by atoms with Crippen LogP contribution in [-0.2, 0) is 0 Å². The molecule has 1 fully saturated rings. The SMILES string of the molecule is Cc1cc(C(=O)N(CCO)C2CC2)cc(C)c1F. The molecule has 1 aromatic rings. The van der Waals surface area contributed by atoms with Gasteiger partial charge in [0.05, 0.1) is 6.61 Å². The third-order valence-corrected chi connectivity index (χ3v) is 3.27. The normalized spacial score (nSPS) is 14.7. The number of nitrogens with zero attached hydrogens (tertiary/aromatic N) is 1. The molecule has 1 N–H and O–H groups in total. The van der Waals surface area contributed by atoms with Crippen LogP contribution in [0.1, 0.15) is 34.3 Å². The molecular formula is C14H18FNO2.